The van der Waals surface area contributed by atoms with Gasteiger partial charge in [0.2, 0.25) is 0 Å². The van der Waals surface area contributed by atoms with Crippen LogP contribution < -0.4 is 5.01 Å². The number of carbonyl (C=O) groups is 1. The molecule has 1 N–H and O–H groups in total. The SMILES string of the molecule is O=C(O)C1CC(Cl)=NN1c1ccccc1. The van der Waals surface area contributed by atoms with E-state index in [4.69, 9.17) is 16.7 Å². The van der Waals surface area contributed by atoms with E-state index in [1.165, 1.54) is 5.01 Å². The summed E-state index contributed by atoms with van der Waals surface area (Å²) < 4.78 is 0. The first-order valence-corrected chi connectivity index (χ1v) is 4.86. The number of carboxylic acid groups (broad SMARTS) is 1. The van der Waals surface area contributed by atoms with Crippen molar-refractivity contribution >= 4 is 28.4 Å². The number of hydrazone groups is 1. The van der Waals surface area contributed by atoms with Crippen molar-refractivity contribution in [1.82, 2.24) is 0 Å². The summed E-state index contributed by atoms with van der Waals surface area (Å²) in [5, 5.41) is 14.7. The average Bonchev–Trinajstić information content (AvgIpc) is 2.62. The van der Waals surface area contributed by atoms with E-state index in [1.54, 1.807) is 12.1 Å². The summed E-state index contributed by atoms with van der Waals surface area (Å²) >= 11 is 5.74. The van der Waals surface area contributed by atoms with Crippen molar-refractivity contribution < 1.29 is 9.90 Å². The van der Waals surface area contributed by atoms with Crippen molar-refractivity contribution in [1.29, 1.82) is 0 Å². The van der Waals surface area contributed by atoms with Gasteiger partial charge in [-0.25, -0.2) is 9.80 Å². The van der Waals surface area contributed by atoms with Crippen molar-refractivity contribution in [2.24, 2.45) is 5.10 Å². The summed E-state index contributed by atoms with van der Waals surface area (Å²) in [6.07, 6.45) is 0.256. The highest BCUT2D eigenvalue weighted by molar-refractivity contribution is 6.66. The summed E-state index contributed by atoms with van der Waals surface area (Å²) in [6.45, 7) is 0. The third kappa shape index (κ3) is 1.94. The monoisotopic (exact) mass is 224 g/mol. The van der Waals surface area contributed by atoms with Gasteiger partial charge in [-0.2, -0.15) is 5.10 Å². The van der Waals surface area contributed by atoms with Crippen LogP contribution >= 0.6 is 11.6 Å². The summed E-state index contributed by atoms with van der Waals surface area (Å²) in [4.78, 5) is 11.0. The molecule has 0 amide bonds. The third-order valence-corrected chi connectivity index (χ3v) is 2.41. The van der Waals surface area contributed by atoms with Crippen molar-refractivity contribution in [3.8, 4) is 0 Å². The minimum Gasteiger partial charge on any atom is -0.480 e. The molecule has 2 rings (SSSR count). The Morgan fingerprint density at radius 1 is 1.47 bits per heavy atom. The summed E-state index contributed by atoms with van der Waals surface area (Å²) in [5.74, 6) is -0.918. The van der Waals surface area contributed by atoms with Crippen LogP contribution in [0.1, 0.15) is 6.42 Å². The Labute approximate surface area is 91.8 Å². The summed E-state index contributed by atoms with van der Waals surface area (Å²) in [5.41, 5.74) is 0.737. The Morgan fingerprint density at radius 3 is 2.73 bits per heavy atom. The number of hydrogen-bond acceptors (Lipinski definition) is 3. The smallest absolute Gasteiger partial charge is 0.328 e. The Balaban J connectivity index is 2.31. The molecule has 0 fully saturated rings. The van der Waals surface area contributed by atoms with Crippen LogP contribution in [0.15, 0.2) is 35.4 Å². The van der Waals surface area contributed by atoms with Gasteiger partial charge in [0.05, 0.1) is 5.69 Å². The van der Waals surface area contributed by atoms with Crippen molar-refractivity contribution in [2.75, 3.05) is 5.01 Å². The zero-order valence-electron chi connectivity index (χ0n) is 7.80. The average molecular weight is 225 g/mol. The van der Waals surface area contributed by atoms with Crippen molar-refractivity contribution in [3.63, 3.8) is 0 Å². The fourth-order valence-corrected chi connectivity index (χ4v) is 1.71. The molecule has 5 heteroatoms. The molecule has 0 aromatic heterocycles. The van der Waals surface area contributed by atoms with E-state index in [0.717, 1.165) is 5.69 Å². The van der Waals surface area contributed by atoms with Crippen molar-refractivity contribution in [2.45, 2.75) is 12.5 Å². The summed E-state index contributed by atoms with van der Waals surface area (Å²) in [7, 11) is 0. The van der Waals surface area contributed by atoms with Crippen LogP contribution in [-0.2, 0) is 4.79 Å². The molecule has 1 aromatic carbocycles. The molecular formula is C10H9ClN2O2. The second kappa shape index (κ2) is 3.90. The highest BCUT2D eigenvalue weighted by atomic mass is 35.5. The first-order valence-electron chi connectivity index (χ1n) is 4.48. The van der Waals surface area contributed by atoms with E-state index < -0.39 is 12.0 Å². The highest BCUT2D eigenvalue weighted by Gasteiger charge is 2.32. The van der Waals surface area contributed by atoms with Gasteiger partial charge in [-0.3, -0.25) is 0 Å². The number of anilines is 1. The number of nitrogens with zero attached hydrogens (tertiary/aromatic N) is 2. The Hall–Kier alpha value is -1.55. The van der Waals surface area contributed by atoms with Gasteiger partial charge in [0, 0.05) is 6.42 Å². The third-order valence-electron chi connectivity index (χ3n) is 2.18. The molecular weight excluding hydrogens is 216 g/mol. The molecule has 0 saturated heterocycles. The molecule has 0 saturated carbocycles. The maximum atomic E-state index is 11.0. The molecule has 1 unspecified atom stereocenters. The van der Waals surface area contributed by atoms with Crippen LogP contribution in [0.25, 0.3) is 0 Å². The topological polar surface area (TPSA) is 52.9 Å². The molecule has 4 nitrogen and oxygen atoms in total. The quantitative estimate of drug-likeness (QED) is 0.835. The van der Waals surface area contributed by atoms with E-state index >= 15 is 0 Å². The number of hydrogen-bond donors (Lipinski definition) is 1. The Morgan fingerprint density at radius 2 is 2.13 bits per heavy atom. The number of para-hydroxylation sites is 1. The lowest BCUT2D eigenvalue weighted by atomic mass is 10.2. The molecule has 0 bridgehead atoms. The molecule has 1 aromatic rings. The van der Waals surface area contributed by atoms with Crippen LogP contribution in [0.4, 0.5) is 5.69 Å². The predicted octanol–water partition coefficient (Wildman–Crippen LogP) is 1.90. The molecule has 0 aliphatic carbocycles. The maximum absolute atomic E-state index is 11.0. The van der Waals surface area contributed by atoms with Gasteiger partial charge in [-0.1, -0.05) is 29.8 Å². The highest BCUT2D eigenvalue weighted by Crippen LogP contribution is 2.25. The van der Waals surface area contributed by atoms with Crippen LogP contribution in [-0.4, -0.2) is 22.3 Å². The van der Waals surface area contributed by atoms with Crippen LogP contribution in [0.3, 0.4) is 0 Å². The van der Waals surface area contributed by atoms with Gasteiger partial charge in [-0.05, 0) is 12.1 Å². The number of aliphatic carboxylic acids is 1. The molecule has 1 aliphatic heterocycles. The maximum Gasteiger partial charge on any atom is 0.328 e. The molecule has 0 radical (unpaired) electrons. The number of benzene rings is 1. The molecule has 1 aliphatic rings. The van der Waals surface area contributed by atoms with Crippen LogP contribution in [0.2, 0.25) is 0 Å². The van der Waals surface area contributed by atoms with Crippen molar-refractivity contribution in [3.05, 3.63) is 30.3 Å². The van der Waals surface area contributed by atoms with Gasteiger partial charge < -0.3 is 5.11 Å². The first kappa shape index (κ1) is 9.98. The lowest BCUT2D eigenvalue weighted by molar-refractivity contribution is -0.138. The molecule has 0 spiro atoms. The van der Waals surface area contributed by atoms with E-state index in [1.807, 2.05) is 18.2 Å². The number of rotatable bonds is 2. The lowest BCUT2D eigenvalue weighted by Crippen LogP contribution is -2.34. The zero-order valence-corrected chi connectivity index (χ0v) is 8.55. The van der Waals surface area contributed by atoms with Gasteiger partial charge in [0.1, 0.15) is 5.17 Å². The molecule has 15 heavy (non-hydrogen) atoms. The molecule has 1 heterocycles. The fraction of sp³-hybridized carbons (Fsp3) is 0.200. The van der Waals surface area contributed by atoms with E-state index in [0.29, 0.717) is 5.17 Å². The first-order chi connectivity index (χ1) is 7.18. The largest absolute Gasteiger partial charge is 0.480 e. The minimum atomic E-state index is -0.918. The van der Waals surface area contributed by atoms with E-state index in [2.05, 4.69) is 5.10 Å². The second-order valence-corrected chi connectivity index (χ2v) is 3.65. The fourth-order valence-electron chi connectivity index (χ4n) is 1.48. The van der Waals surface area contributed by atoms with E-state index in [-0.39, 0.29) is 6.42 Å². The zero-order chi connectivity index (χ0) is 10.8. The minimum absolute atomic E-state index is 0.256. The van der Waals surface area contributed by atoms with Crippen LogP contribution in [0, 0.1) is 0 Å². The van der Waals surface area contributed by atoms with Crippen LogP contribution in [0.5, 0.6) is 0 Å². The standard InChI is InChI=1S/C10H9ClN2O2/c11-9-6-8(10(14)15)13(12-9)7-4-2-1-3-5-7/h1-5,8H,6H2,(H,14,15). The van der Waals surface area contributed by atoms with Gasteiger partial charge >= 0.3 is 5.97 Å². The predicted molar refractivity (Wildman–Crippen MR) is 58.2 cm³/mol. The van der Waals surface area contributed by atoms with Gasteiger partial charge in [0.15, 0.2) is 6.04 Å². The van der Waals surface area contributed by atoms with E-state index in [9.17, 15) is 4.79 Å². The number of carboxylic acids is 1. The van der Waals surface area contributed by atoms with Gasteiger partial charge in [-0.15, -0.1) is 0 Å². The van der Waals surface area contributed by atoms with Gasteiger partial charge in [0.25, 0.3) is 0 Å². The second-order valence-electron chi connectivity index (χ2n) is 3.21. The summed E-state index contributed by atoms with van der Waals surface area (Å²) in [6, 6.07) is 8.43. The number of halogens is 1. The Kier molecular flexibility index (Phi) is 2.60. The lowest BCUT2D eigenvalue weighted by Gasteiger charge is -2.19. The Bertz CT molecular complexity index is 405. The molecule has 78 valence electrons. The molecule has 1 atom stereocenters. The normalized spacial score (nSPS) is 20.2.